The third-order valence-corrected chi connectivity index (χ3v) is 4.47. The Hall–Kier alpha value is -1.84. The smallest absolute Gasteiger partial charge is 0.222 e. The highest BCUT2D eigenvalue weighted by Gasteiger charge is 2.20. The lowest BCUT2D eigenvalue weighted by Crippen LogP contribution is -2.37. The van der Waals surface area contributed by atoms with Crippen molar-refractivity contribution < 1.29 is 9.59 Å². The number of amides is 2. The van der Waals surface area contributed by atoms with Crippen LogP contribution in [0.3, 0.4) is 0 Å². The van der Waals surface area contributed by atoms with Crippen LogP contribution in [-0.4, -0.2) is 17.9 Å². The van der Waals surface area contributed by atoms with E-state index < -0.39 is 0 Å². The van der Waals surface area contributed by atoms with E-state index in [1.807, 2.05) is 31.2 Å². The molecular formula is C19H28N2O2. The number of aryl methyl sites for hydroxylation is 1. The minimum Gasteiger partial charge on any atom is -0.353 e. The summed E-state index contributed by atoms with van der Waals surface area (Å²) in [6, 6.07) is 8.00. The fraction of sp³-hybridized carbons (Fsp3) is 0.579. The summed E-state index contributed by atoms with van der Waals surface area (Å²) in [5, 5.41) is 6.05. The van der Waals surface area contributed by atoms with Gasteiger partial charge in [0.15, 0.2) is 0 Å². The van der Waals surface area contributed by atoms with Crippen molar-refractivity contribution in [3.8, 4) is 0 Å². The fourth-order valence-corrected chi connectivity index (χ4v) is 3.19. The highest BCUT2D eigenvalue weighted by Crippen LogP contribution is 2.20. The molecule has 1 aliphatic carbocycles. The van der Waals surface area contributed by atoms with Crippen molar-refractivity contribution in [1.82, 2.24) is 10.6 Å². The number of benzene rings is 1. The molecule has 2 N–H and O–H groups in total. The molecule has 23 heavy (non-hydrogen) atoms. The lowest BCUT2D eigenvalue weighted by molar-refractivity contribution is -0.123. The molecule has 0 radical (unpaired) electrons. The van der Waals surface area contributed by atoms with E-state index >= 15 is 0 Å². The monoisotopic (exact) mass is 316 g/mol. The molecule has 1 atom stereocenters. The van der Waals surface area contributed by atoms with Crippen LogP contribution in [0.4, 0.5) is 0 Å². The maximum Gasteiger partial charge on any atom is 0.222 e. The highest BCUT2D eigenvalue weighted by atomic mass is 16.2. The molecule has 126 valence electrons. The number of nitrogens with one attached hydrogen (secondary N) is 2. The van der Waals surface area contributed by atoms with Crippen LogP contribution < -0.4 is 10.6 Å². The Morgan fingerprint density at radius 1 is 1.09 bits per heavy atom. The zero-order chi connectivity index (χ0) is 16.7. The molecule has 0 aromatic heterocycles. The van der Waals surface area contributed by atoms with Crippen LogP contribution in [0, 0.1) is 6.92 Å². The number of carbonyl (C=O) groups is 2. The van der Waals surface area contributed by atoms with Gasteiger partial charge in [0.05, 0.1) is 12.5 Å². The van der Waals surface area contributed by atoms with Gasteiger partial charge >= 0.3 is 0 Å². The van der Waals surface area contributed by atoms with E-state index in [1.165, 1.54) is 38.2 Å². The molecule has 1 saturated carbocycles. The van der Waals surface area contributed by atoms with Crippen molar-refractivity contribution in [3.63, 3.8) is 0 Å². The average molecular weight is 316 g/mol. The van der Waals surface area contributed by atoms with Crippen LogP contribution in [0.15, 0.2) is 24.3 Å². The Morgan fingerprint density at radius 3 is 2.26 bits per heavy atom. The molecule has 1 aliphatic rings. The molecule has 2 amide bonds. The molecule has 1 aromatic rings. The Balaban J connectivity index is 1.97. The molecule has 0 aliphatic heterocycles. The first-order chi connectivity index (χ1) is 11.0. The molecule has 0 spiro atoms. The Bertz CT molecular complexity index is 517. The summed E-state index contributed by atoms with van der Waals surface area (Å²) >= 11 is 0. The average Bonchev–Trinajstić information content (AvgIpc) is 2.75. The normalized spacial score (nSPS) is 17.1. The van der Waals surface area contributed by atoms with Gasteiger partial charge in [-0.05, 0) is 25.3 Å². The van der Waals surface area contributed by atoms with Gasteiger partial charge in [0.25, 0.3) is 0 Å². The van der Waals surface area contributed by atoms with Crippen molar-refractivity contribution >= 4 is 11.8 Å². The van der Waals surface area contributed by atoms with E-state index in [2.05, 4.69) is 10.6 Å². The van der Waals surface area contributed by atoms with E-state index in [9.17, 15) is 9.59 Å². The SMILES string of the molecule is CC(=O)N[C@H](CC(=O)NC1CCCCCC1)c1ccc(C)cc1. The van der Waals surface area contributed by atoms with Crippen LogP contribution in [0.5, 0.6) is 0 Å². The number of rotatable bonds is 5. The molecule has 1 fully saturated rings. The van der Waals surface area contributed by atoms with E-state index in [-0.39, 0.29) is 17.9 Å². The van der Waals surface area contributed by atoms with Crippen molar-refractivity contribution in [2.24, 2.45) is 0 Å². The van der Waals surface area contributed by atoms with Crippen molar-refractivity contribution in [2.45, 2.75) is 70.9 Å². The minimum absolute atomic E-state index is 0.0243. The van der Waals surface area contributed by atoms with Crippen LogP contribution >= 0.6 is 0 Å². The van der Waals surface area contributed by atoms with E-state index in [1.54, 1.807) is 0 Å². The predicted octanol–water partition coefficient (Wildman–Crippen LogP) is 3.40. The van der Waals surface area contributed by atoms with Gasteiger partial charge in [0.1, 0.15) is 0 Å². The van der Waals surface area contributed by atoms with Gasteiger partial charge in [-0.25, -0.2) is 0 Å². The van der Waals surface area contributed by atoms with Gasteiger partial charge in [-0.1, -0.05) is 55.5 Å². The third-order valence-electron chi connectivity index (χ3n) is 4.47. The molecule has 0 saturated heterocycles. The zero-order valence-electron chi connectivity index (χ0n) is 14.2. The molecule has 0 bridgehead atoms. The van der Waals surface area contributed by atoms with Crippen LogP contribution in [-0.2, 0) is 9.59 Å². The molecule has 4 nitrogen and oxygen atoms in total. The molecule has 0 unspecified atom stereocenters. The number of hydrogen-bond donors (Lipinski definition) is 2. The standard InChI is InChI=1S/C19H28N2O2/c1-14-9-11-16(12-10-14)18(20-15(2)22)13-19(23)21-17-7-5-3-4-6-8-17/h9-12,17-18H,3-8,13H2,1-2H3,(H,20,22)(H,21,23)/t18-/m1/s1. The van der Waals surface area contributed by atoms with E-state index in [4.69, 9.17) is 0 Å². The Labute approximate surface area is 139 Å². The van der Waals surface area contributed by atoms with Crippen molar-refractivity contribution in [3.05, 3.63) is 35.4 Å². The number of carbonyl (C=O) groups excluding carboxylic acids is 2. The van der Waals surface area contributed by atoms with Gasteiger partial charge in [0, 0.05) is 13.0 Å². The molecule has 1 aromatic carbocycles. The van der Waals surface area contributed by atoms with Gasteiger partial charge in [-0.15, -0.1) is 0 Å². The quantitative estimate of drug-likeness (QED) is 0.818. The molecule has 0 heterocycles. The van der Waals surface area contributed by atoms with E-state index in [0.717, 1.165) is 18.4 Å². The second-order valence-corrected chi connectivity index (χ2v) is 6.62. The predicted molar refractivity (Wildman–Crippen MR) is 92.0 cm³/mol. The summed E-state index contributed by atoms with van der Waals surface area (Å²) < 4.78 is 0. The maximum absolute atomic E-state index is 12.4. The first-order valence-electron chi connectivity index (χ1n) is 8.67. The molecule has 2 rings (SSSR count). The largest absolute Gasteiger partial charge is 0.353 e. The van der Waals surface area contributed by atoms with Crippen LogP contribution in [0.25, 0.3) is 0 Å². The summed E-state index contributed by atoms with van der Waals surface area (Å²) in [4.78, 5) is 23.9. The summed E-state index contributed by atoms with van der Waals surface area (Å²) in [5.41, 5.74) is 2.14. The topological polar surface area (TPSA) is 58.2 Å². The first kappa shape index (κ1) is 17.5. The van der Waals surface area contributed by atoms with Crippen LogP contribution in [0.1, 0.15) is 69.0 Å². The maximum atomic E-state index is 12.4. The van der Waals surface area contributed by atoms with Gasteiger partial charge in [-0.2, -0.15) is 0 Å². The molecular weight excluding hydrogens is 288 g/mol. The Morgan fingerprint density at radius 2 is 1.70 bits per heavy atom. The zero-order valence-corrected chi connectivity index (χ0v) is 14.2. The first-order valence-corrected chi connectivity index (χ1v) is 8.67. The van der Waals surface area contributed by atoms with Crippen LogP contribution in [0.2, 0.25) is 0 Å². The van der Waals surface area contributed by atoms with Gasteiger partial charge in [-0.3, -0.25) is 9.59 Å². The second-order valence-electron chi connectivity index (χ2n) is 6.62. The van der Waals surface area contributed by atoms with Crippen molar-refractivity contribution in [2.75, 3.05) is 0 Å². The minimum atomic E-state index is -0.265. The van der Waals surface area contributed by atoms with E-state index in [0.29, 0.717) is 12.5 Å². The van der Waals surface area contributed by atoms with Gasteiger partial charge < -0.3 is 10.6 Å². The molecule has 4 heteroatoms. The van der Waals surface area contributed by atoms with Gasteiger partial charge in [0.2, 0.25) is 11.8 Å². The summed E-state index contributed by atoms with van der Waals surface area (Å²) in [5.74, 6) is -0.0888. The summed E-state index contributed by atoms with van der Waals surface area (Å²) in [7, 11) is 0. The highest BCUT2D eigenvalue weighted by molar-refractivity contribution is 5.79. The summed E-state index contributed by atoms with van der Waals surface area (Å²) in [6.07, 6.45) is 7.35. The summed E-state index contributed by atoms with van der Waals surface area (Å²) in [6.45, 7) is 3.51. The lowest BCUT2D eigenvalue weighted by Gasteiger charge is -2.21. The fourth-order valence-electron chi connectivity index (χ4n) is 3.19. The van der Waals surface area contributed by atoms with Crippen molar-refractivity contribution in [1.29, 1.82) is 0 Å². The third kappa shape index (κ3) is 6.05. The Kier molecular flexibility index (Phi) is 6.63. The second kappa shape index (κ2) is 8.70. The number of hydrogen-bond acceptors (Lipinski definition) is 2. The lowest BCUT2D eigenvalue weighted by atomic mass is 10.0.